The minimum atomic E-state index is -0.444. The smallest absolute Gasteiger partial charge is 0.243 e. The SMILES string of the molecule is Cc1ccc(NC(=O)CNC(=O)CN(Cc2ccc(F)cc2)C(=O)C(C)C)cc1. The summed E-state index contributed by atoms with van der Waals surface area (Å²) < 4.78 is 13.1. The van der Waals surface area contributed by atoms with Crippen molar-refractivity contribution in [1.29, 1.82) is 0 Å². The molecule has 0 spiro atoms. The van der Waals surface area contributed by atoms with Crippen molar-refractivity contribution in [3.63, 3.8) is 0 Å². The van der Waals surface area contributed by atoms with Gasteiger partial charge in [0.25, 0.3) is 0 Å². The zero-order valence-corrected chi connectivity index (χ0v) is 16.9. The summed E-state index contributed by atoms with van der Waals surface area (Å²) in [6.07, 6.45) is 0. The summed E-state index contributed by atoms with van der Waals surface area (Å²) >= 11 is 0. The fourth-order valence-corrected chi connectivity index (χ4v) is 2.64. The van der Waals surface area contributed by atoms with Crippen molar-refractivity contribution in [2.24, 2.45) is 5.92 Å². The van der Waals surface area contributed by atoms with E-state index in [2.05, 4.69) is 10.6 Å². The zero-order chi connectivity index (χ0) is 21.4. The number of nitrogens with zero attached hydrogens (tertiary/aromatic N) is 1. The van der Waals surface area contributed by atoms with Gasteiger partial charge >= 0.3 is 0 Å². The molecule has 0 bridgehead atoms. The van der Waals surface area contributed by atoms with Crippen molar-refractivity contribution in [3.8, 4) is 0 Å². The lowest BCUT2D eigenvalue weighted by Gasteiger charge is -2.24. The predicted molar refractivity (Wildman–Crippen MR) is 109 cm³/mol. The molecule has 0 aromatic heterocycles. The van der Waals surface area contributed by atoms with E-state index in [-0.39, 0.29) is 43.2 Å². The number of carbonyl (C=O) groups excluding carboxylic acids is 3. The van der Waals surface area contributed by atoms with Gasteiger partial charge in [-0.25, -0.2) is 4.39 Å². The minimum absolute atomic E-state index is 0.181. The molecule has 0 radical (unpaired) electrons. The van der Waals surface area contributed by atoms with Crippen LogP contribution in [0.5, 0.6) is 0 Å². The molecule has 29 heavy (non-hydrogen) atoms. The summed E-state index contributed by atoms with van der Waals surface area (Å²) in [4.78, 5) is 38.1. The number of amides is 3. The van der Waals surface area contributed by atoms with Crippen molar-refractivity contribution < 1.29 is 18.8 Å². The lowest BCUT2D eigenvalue weighted by Crippen LogP contribution is -2.43. The van der Waals surface area contributed by atoms with Crippen LogP contribution in [0.1, 0.15) is 25.0 Å². The van der Waals surface area contributed by atoms with Crippen molar-refractivity contribution >= 4 is 23.4 Å². The number of hydrogen-bond acceptors (Lipinski definition) is 3. The first-order valence-electron chi connectivity index (χ1n) is 9.41. The van der Waals surface area contributed by atoms with E-state index in [4.69, 9.17) is 0 Å². The molecule has 2 rings (SSSR count). The van der Waals surface area contributed by atoms with Crippen LogP contribution in [0.3, 0.4) is 0 Å². The second kappa shape index (κ2) is 10.4. The fraction of sp³-hybridized carbons (Fsp3) is 0.318. The van der Waals surface area contributed by atoms with Crippen LogP contribution in [0.4, 0.5) is 10.1 Å². The number of anilines is 1. The highest BCUT2D eigenvalue weighted by Gasteiger charge is 2.20. The van der Waals surface area contributed by atoms with Crippen LogP contribution in [0.15, 0.2) is 48.5 Å². The Hall–Kier alpha value is -3.22. The summed E-state index contributed by atoms with van der Waals surface area (Å²) in [5.41, 5.74) is 2.43. The van der Waals surface area contributed by atoms with Gasteiger partial charge in [-0.05, 0) is 36.8 Å². The molecule has 0 aliphatic rings. The molecular weight excluding hydrogens is 373 g/mol. The quantitative estimate of drug-likeness (QED) is 0.717. The Bertz CT molecular complexity index is 849. The van der Waals surface area contributed by atoms with Crippen LogP contribution in [0, 0.1) is 18.7 Å². The van der Waals surface area contributed by atoms with Crippen molar-refractivity contribution in [2.75, 3.05) is 18.4 Å². The summed E-state index contributed by atoms with van der Waals surface area (Å²) in [5.74, 6) is -1.67. The standard InChI is InChI=1S/C22H26FN3O3/c1-15(2)22(29)26(13-17-6-8-18(23)9-7-17)14-21(28)24-12-20(27)25-19-10-4-16(3)5-11-19/h4-11,15H,12-14H2,1-3H3,(H,24,28)(H,25,27). The number of nitrogens with one attached hydrogen (secondary N) is 2. The van der Waals surface area contributed by atoms with Gasteiger partial charge in [-0.1, -0.05) is 43.7 Å². The first kappa shape index (κ1) is 22.1. The molecule has 3 amide bonds. The van der Waals surface area contributed by atoms with Gasteiger partial charge in [0.15, 0.2) is 0 Å². The molecule has 0 aliphatic heterocycles. The molecule has 7 heteroatoms. The lowest BCUT2D eigenvalue weighted by atomic mass is 10.1. The Morgan fingerprint density at radius 2 is 1.59 bits per heavy atom. The highest BCUT2D eigenvalue weighted by Crippen LogP contribution is 2.10. The van der Waals surface area contributed by atoms with Gasteiger partial charge in [0.05, 0.1) is 13.1 Å². The third-order valence-electron chi connectivity index (χ3n) is 4.21. The Morgan fingerprint density at radius 1 is 0.966 bits per heavy atom. The van der Waals surface area contributed by atoms with Crippen LogP contribution < -0.4 is 10.6 Å². The molecule has 0 heterocycles. The van der Waals surface area contributed by atoms with Crippen LogP contribution in [0.2, 0.25) is 0 Å². The van der Waals surface area contributed by atoms with Crippen molar-refractivity contribution in [3.05, 3.63) is 65.5 Å². The number of carbonyl (C=O) groups is 3. The average molecular weight is 399 g/mol. The van der Waals surface area contributed by atoms with E-state index in [1.807, 2.05) is 19.1 Å². The Morgan fingerprint density at radius 3 is 2.17 bits per heavy atom. The monoisotopic (exact) mass is 399 g/mol. The second-order valence-corrected chi connectivity index (χ2v) is 7.17. The third kappa shape index (κ3) is 7.37. The summed E-state index contributed by atoms with van der Waals surface area (Å²) in [6, 6.07) is 13.1. The topological polar surface area (TPSA) is 78.5 Å². The maximum absolute atomic E-state index is 13.1. The normalized spacial score (nSPS) is 10.5. The molecule has 0 unspecified atom stereocenters. The van der Waals surface area contributed by atoms with E-state index in [1.54, 1.807) is 38.1 Å². The summed E-state index contributed by atoms with van der Waals surface area (Å²) in [6.45, 7) is 5.22. The van der Waals surface area contributed by atoms with E-state index in [0.29, 0.717) is 11.3 Å². The van der Waals surface area contributed by atoms with Gasteiger partial charge < -0.3 is 15.5 Å². The first-order valence-corrected chi connectivity index (χ1v) is 9.41. The maximum atomic E-state index is 13.1. The van der Waals surface area contributed by atoms with Crippen LogP contribution in [-0.2, 0) is 20.9 Å². The predicted octanol–water partition coefficient (Wildman–Crippen LogP) is 2.87. The van der Waals surface area contributed by atoms with Crippen LogP contribution in [-0.4, -0.2) is 35.7 Å². The van der Waals surface area contributed by atoms with Gasteiger partial charge in [-0.15, -0.1) is 0 Å². The largest absolute Gasteiger partial charge is 0.345 e. The molecule has 0 saturated carbocycles. The molecule has 2 aromatic rings. The number of hydrogen-bond donors (Lipinski definition) is 2. The number of benzene rings is 2. The third-order valence-corrected chi connectivity index (χ3v) is 4.21. The molecule has 0 atom stereocenters. The lowest BCUT2D eigenvalue weighted by molar-refractivity contribution is -0.139. The Labute approximate surface area is 170 Å². The van der Waals surface area contributed by atoms with Crippen molar-refractivity contribution in [1.82, 2.24) is 10.2 Å². The zero-order valence-electron chi connectivity index (χ0n) is 16.9. The van der Waals surface area contributed by atoms with E-state index in [1.165, 1.54) is 17.0 Å². The van der Waals surface area contributed by atoms with Gasteiger partial charge in [0.2, 0.25) is 17.7 Å². The highest BCUT2D eigenvalue weighted by atomic mass is 19.1. The maximum Gasteiger partial charge on any atom is 0.243 e. The Balaban J connectivity index is 1.90. The summed E-state index contributed by atoms with van der Waals surface area (Å²) in [7, 11) is 0. The fourth-order valence-electron chi connectivity index (χ4n) is 2.64. The van der Waals surface area contributed by atoms with E-state index in [0.717, 1.165) is 5.56 Å². The van der Waals surface area contributed by atoms with Gasteiger partial charge in [0, 0.05) is 18.2 Å². The molecular formula is C22H26FN3O3. The summed E-state index contributed by atoms with van der Waals surface area (Å²) in [5, 5.41) is 5.22. The molecule has 154 valence electrons. The minimum Gasteiger partial charge on any atom is -0.345 e. The Kier molecular flexibility index (Phi) is 7.88. The van der Waals surface area contributed by atoms with E-state index in [9.17, 15) is 18.8 Å². The molecule has 6 nitrogen and oxygen atoms in total. The molecule has 0 fully saturated rings. The second-order valence-electron chi connectivity index (χ2n) is 7.17. The van der Waals surface area contributed by atoms with Crippen LogP contribution in [0.25, 0.3) is 0 Å². The number of aryl methyl sites for hydroxylation is 1. The van der Waals surface area contributed by atoms with Gasteiger partial charge in [-0.2, -0.15) is 0 Å². The molecule has 2 N–H and O–H groups in total. The molecule has 0 aliphatic carbocycles. The number of rotatable bonds is 8. The van der Waals surface area contributed by atoms with Gasteiger partial charge in [0.1, 0.15) is 5.82 Å². The number of halogens is 1. The molecule has 2 aromatic carbocycles. The van der Waals surface area contributed by atoms with Crippen LogP contribution >= 0.6 is 0 Å². The van der Waals surface area contributed by atoms with Gasteiger partial charge in [-0.3, -0.25) is 14.4 Å². The van der Waals surface area contributed by atoms with E-state index >= 15 is 0 Å². The average Bonchev–Trinajstić information content (AvgIpc) is 2.68. The van der Waals surface area contributed by atoms with Crippen molar-refractivity contribution in [2.45, 2.75) is 27.3 Å². The molecule has 0 saturated heterocycles. The van der Waals surface area contributed by atoms with E-state index < -0.39 is 5.91 Å². The highest BCUT2D eigenvalue weighted by molar-refractivity contribution is 5.95. The first-order chi connectivity index (χ1) is 13.7.